The van der Waals surface area contributed by atoms with Crippen LogP contribution < -0.4 is 19.5 Å². The molecule has 1 fully saturated rings. The fourth-order valence-corrected chi connectivity index (χ4v) is 2.63. The Kier molecular flexibility index (Phi) is 6.14. The molecule has 0 aliphatic carbocycles. The van der Waals surface area contributed by atoms with E-state index >= 15 is 0 Å². The third-order valence-corrected chi connectivity index (χ3v) is 3.74. The molecule has 1 aromatic carbocycles. The number of nitrogens with one attached hydrogen (secondary N) is 1. The summed E-state index contributed by atoms with van der Waals surface area (Å²) in [5, 5.41) is 3.48. The van der Waals surface area contributed by atoms with E-state index in [4.69, 9.17) is 18.9 Å². The largest absolute Gasteiger partial charge is 0.493 e. The van der Waals surface area contributed by atoms with Gasteiger partial charge in [0.1, 0.15) is 0 Å². The van der Waals surface area contributed by atoms with Gasteiger partial charge in [0.25, 0.3) is 0 Å². The monoisotopic (exact) mass is 295 g/mol. The van der Waals surface area contributed by atoms with Gasteiger partial charge in [0, 0.05) is 19.7 Å². The molecule has 0 aromatic heterocycles. The van der Waals surface area contributed by atoms with Gasteiger partial charge >= 0.3 is 0 Å². The van der Waals surface area contributed by atoms with Crippen molar-refractivity contribution in [3.8, 4) is 17.2 Å². The Labute approximate surface area is 126 Å². The average Bonchev–Trinajstić information content (AvgIpc) is 2.54. The molecule has 0 saturated carbocycles. The van der Waals surface area contributed by atoms with Crippen LogP contribution in [0.4, 0.5) is 0 Å². The maximum Gasteiger partial charge on any atom is 0.203 e. The van der Waals surface area contributed by atoms with E-state index < -0.39 is 0 Å². The van der Waals surface area contributed by atoms with E-state index in [0.29, 0.717) is 23.2 Å². The van der Waals surface area contributed by atoms with Crippen molar-refractivity contribution >= 4 is 0 Å². The summed E-state index contributed by atoms with van der Waals surface area (Å²) in [6.45, 7) is 3.51. The fraction of sp³-hybridized carbons (Fsp3) is 0.625. The van der Waals surface area contributed by atoms with Gasteiger partial charge in [-0.25, -0.2) is 0 Å². The topological polar surface area (TPSA) is 49.0 Å². The summed E-state index contributed by atoms with van der Waals surface area (Å²) in [6.07, 6.45) is 2.40. The molecule has 0 radical (unpaired) electrons. The van der Waals surface area contributed by atoms with Gasteiger partial charge in [0.2, 0.25) is 5.75 Å². The first-order chi connectivity index (χ1) is 10.3. The minimum absolute atomic E-state index is 0.612. The average molecular weight is 295 g/mol. The smallest absolute Gasteiger partial charge is 0.203 e. The van der Waals surface area contributed by atoms with Crippen molar-refractivity contribution in [2.45, 2.75) is 19.4 Å². The van der Waals surface area contributed by atoms with E-state index in [9.17, 15) is 0 Å². The Balaban J connectivity index is 1.95. The molecule has 1 aliphatic rings. The van der Waals surface area contributed by atoms with Crippen LogP contribution in [-0.4, -0.2) is 41.1 Å². The summed E-state index contributed by atoms with van der Waals surface area (Å²) in [5.41, 5.74) is 1.11. The first-order valence-electron chi connectivity index (χ1n) is 7.35. The molecule has 1 N–H and O–H groups in total. The molecule has 2 rings (SSSR count). The number of ether oxygens (including phenoxy) is 4. The maximum atomic E-state index is 5.49. The summed E-state index contributed by atoms with van der Waals surface area (Å²) < 4.78 is 21.5. The third kappa shape index (κ3) is 4.25. The van der Waals surface area contributed by atoms with Crippen molar-refractivity contribution in [1.29, 1.82) is 0 Å². The molecule has 5 heteroatoms. The SMILES string of the molecule is COc1cc(CNCC2CCCOC2)cc(OC)c1OC. The highest BCUT2D eigenvalue weighted by Crippen LogP contribution is 2.38. The van der Waals surface area contributed by atoms with E-state index in [1.165, 1.54) is 6.42 Å². The lowest BCUT2D eigenvalue weighted by Crippen LogP contribution is -2.28. The highest BCUT2D eigenvalue weighted by Gasteiger charge is 2.15. The molecule has 5 nitrogen and oxygen atoms in total. The Morgan fingerprint density at radius 3 is 2.38 bits per heavy atom. The van der Waals surface area contributed by atoms with E-state index in [1.807, 2.05) is 12.1 Å². The van der Waals surface area contributed by atoms with Crippen LogP contribution in [0.15, 0.2) is 12.1 Å². The fourth-order valence-electron chi connectivity index (χ4n) is 2.63. The molecule has 0 bridgehead atoms. The first kappa shape index (κ1) is 15.9. The van der Waals surface area contributed by atoms with Gasteiger partial charge in [-0.15, -0.1) is 0 Å². The van der Waals surface area contributed by atoms with Gasteiger partial charge < -0.3 is 24.3 Å². The van der Waals surface area contributed by atoms with Crippen LogP contribution in [0, 0.1) is 5.92 Å². The molecule has 118 valence electrons. The standard InChI is InChI=1S/C16H25NO4/c1-18-14-7-13(8-15(19-2)16(14)20-3)10-17-9-12-5-4-6-21-11-12/h7-8,12,17H,4-6,9-11H2,1-3H3. The van der Waals surface area contributed by atoms with Crippen LogP contribution in [0.3, 0.4) is 0 Å². The minimum atomic E-state index is 0.612. The van der Waals surface area contributed by atoms with Crippen LogP contribution >= 0.6 is 0 Å². The number of benzene rings is 1. The van der Waals surface area contributed by atoms with Crippen molar-refractivity contribution < 1.29 is 18.9 Å². The molecule has 1 aromatic rings. The molecule has 1 atom stereocenters. The van der Waals surface area contributed by atoms with Crippen LogP contribution in [0.5, 0.6) is 17.2 Å². The zero-order chi connectivity index (χ0) is 15.1. The van der Waals surface area contributed by atoms with E-state index in [0.717, 1.165) is 38.3 Å². The Morgan fingerprint density at radius 2 is 1.86 bits per heavy atom. The molecule has 0 amide bonds. The van der Waals surface area contributed by atoms with Gasteiger partial charge in [0.15, 0.2) is 11.5 Å². The summed E-state index contributed by atoms with van der Waals surface area (Å²) >= 11 is 0. The molecule has 21 heavy (non-hydrogen) atoms. The van der Waals surface area contributed by atoms with E-state index in [1.54, 1.807) is 21.3 Å². The van der Waals surface area contributed by atoms with E-state index in [-0.39, 0.29) is 0 Å². The first-order valence-corrected chi connectivity index (χ1v) is 7.35. The van der Waals surface area contributed by atoms with Crippen LogP contribution in [-0.2, 0) is 11.3 Å². The third-order valence-electron chi connectivity index (χ3n) is 3.74. The van der Waals surface area contributed by atoms with Crippen LogP contribution in [0.1, 0.15) is 18.4 Å². The van der Waals surface area contributed by atoms with E-state index in [2.05, 4.69) is 5.32 Å². The van der Waals surface area contributed by atoms with Crippen molar-refractivity contribution in [3.63, 3.8) is 0 Å². The molecular formula is C16H25NO4. The highest BCUT2D eigenvalue weighted by atomic mass is 16.5. The Bertz CT molecular complexity index is 419. The van der Waals surface area contributed by atoms with Gasteiger partial charge in [-0.2, -0.15) is 0 Å². The lowest BCUT2D eigenvalue weighted by Gasteiger charge is -2.22. The molecular weight excluding hydrogens is 270 g/mol. The van der Waals surface area contributed by atoms with Crippen molar-refractivity contribution in [2.75, 3.05) is 41.1 Å². The zero-order valence-electron chi connectivity index (χ0n) is 13.1. The summed E-state index contributed by atoms with van der Waals surface area (Å²) in [5.74, 6) is 2.62. The summed E-state index contributed by atoms with van der Waals surface area (Å²) in [4.78, 5) is 0. The second kappa shape index (κ2) is 8.10. The number of rotatable bonds is 7. The van der Waals surface area contributed by atoms with Crippen molar-refractivity contribution in [2.24, 2.45) is 5.92 Å². The van der Waals surface area contributed by atoms with Gasteiger partial charge in [-0.1, -0.05) is 0 Å². The second-order valence-electron chi connectivity index (χ2n) is 5.25. The number of hydrogen-bond donors (Lipinski definition) is 1. The van der Waals surface area contributed by atoms with Gasteiger partial charge in [-0.3, -0.25) is 0 Å². The lowest BCUT2D eigenvalue weighted by molar-refractivity contribution is 0.0547. The molecule has 1 heterocycles. The predicted octanol–water partition coefficient (Wildman–Crippen LogP) is 2.23. The number of hydrogen-bond acceptors (Lipinski definition) is 5. The minimum Gasteiger partial charge on any atom is -0.493 e. The molecule has 1 saturated heterocycles. The summed E-state index contributed by atoms with van der Waals surface area (Å²) in [6, 6.07) is 3.96. The normalized spacial score (nSPS) is 18.3. The molecule has 0 spiro atoms. The lowest BCUT2D eigenvalue weighted by atomic mass is 10.0. The van der Waals surface area contributed by atoms with Crippen molar-refractivity contribution in [3.05, 3.63) is 17.7 Å². The van der Waals surface area contributed by atoms with Crippen LogP contribution in [0.2, 0.25) is 0 Å². The van der Waals surface area contributed by atoms with Crippen LogP contribution in [0.25, 0.3) is 0 Å². The molecule has 1 aliphatic heterocycles. The maximum absolute atomic E-state index is 5.49. The predicted molar refractivity (Wildman–Crippen MR) is 81.3 cm³/mol. The quantitative estimate of drug-likeness (QED) is 0.836. The Hall–Kier alpha value is -1.46. The zero-order valence-corrected chi connectivity index (χ0v) is 13.1. The second-order valence-corrected chi connectivity index (χ2v) is 5.25. The molecule has 1 unspecified atom stereocenters. The summed E-state index contributed by atoms with van der Waals surface area (Å²) in [7, 11) is 4.88. The van der Waals surface area contributed by atoms with Gasteiger partial charge in [0.05, 0.1) is 27.9 Å². The van der Waals surface area contributed by atoms with Gasteiger partial charge in [-0.05, 0) is 36.5 Å². The Morgan fingerprint density at radius 1 is 1.14 bits per heavy atom. The van der Waals surface area contributed by atoms with Crippen molar-refractivity contribution in [1.82, 2.24) is 5.32 Å². The highest BCUT2D eigenvalue weighted by molar-refractivity contribution is 5.53. The number of methoxy groups -OCH3 is 3.